The number of hydrogen-bond acceptors (Lipinski definition) is 5. The molecule has 0 fully saturated rings. The molecule has 1 atom stereocenters. The number of aryl methyl sites for hydroxylation is 1. The Bertz CT molecular complexity index is 1660. The van der Waals surface area contributed by atoms with Crippen LogP contribution in [0, 0.1) is 6.92 Å². The molecular formula is C35H39N3O5S. The van der Waals surface area contributed by atoms with Crippen molar-refractivity contribution in [1.82, 2.24) is 10.2 Å². The molecule has 2 amide bonds. The fraction of sp³-hybridized carbons (Fsp3) is 0.257. The lowest BCUT2D eigenvalue weighted by Crippen LogP contribution is -2.54. The van der Waals surface area contributed by atoms with Crippen molar-refractivity contribution in [1.29, 1.82) is 0 Å². The highest BCUT2D eigenvalue weighted by Crippen LogP contribution is 2.32. The summed E-state index contributed by atoms with van der Waals surface area (Å²) in [5.74, 6) is -0.553. The van der Waals surface area contributed by atoms with Crippen molar-refractivity contribution >= 4 is 27.5 Å². The van der Waals surface area contributed by atoms with Gasteiger partial charge in [0.2, 0.25) is 11.8 Å². The van der Waals surface area contributed by atoms with Gasteiger partial charge in [-0.3, -0.25) is 13.9 Å². The molecule has 4 rings (SSSR count). The number of benzene rings is 4. The van der Waals surface area contributed by atoms with Crippen LogP contribution in [0.2, 0.25) is 0 Å². The smallest absolute Gasteiger partial charge is 0.264 e. The first kappa shape index (κ1) is 32.3. The molecule has 0 saturated heterocycles. The number of amides is 2. The molecule has 1 N–H and O–H groups in total. The zero-order valence-corrected chi connectivity index (χ0v) is 26.3. The normalized spacial score (nSPS) is 11.9. The van der Waals surface area contributed by atoms with E-state index in [9.17, 15) is 18.0 Å². The van der Waals surface area contributed by atoms with Gasteiger partial charge in [-0.1, -0.05) is 84.9 Å². The molecule has 9 heteroatoms. The highest BCUT2D eigenvalue weighted by molar-refractivity contribution is 7.92. The van der Waals surface area contributed by atoms with Gasteiger partial charge in [-0.25, -0.2) is 8.42 Å². The number of ether oxygens (including phenoxy) is 1. The zero-order valence-electron chi connectivity index (χ0n) is 25.5. The standard InChI is InChI=1S/C35H39N3O5S/c1-26(2)36-35(40)32(23-28-16-7-5-8-17-28)37(24-29-18-12-11-15-27(29)3)34(39)25-38(31-21-13-14-22-33(31)43-4)44(41,42)30-19-9-6-10-20-30/h5-22,26,32H,23-25H2,1-4H3,(H,36,40)/t32-/m1/s1. The average Bonchev–Trinajstić information content (AvgIpc) is 3.02. The fourth-order valence-electron chi connectivity index (χ4n) is 4.97. The largest absolute Gasteiger partial charge is 0.495 e. The van der Waals surface area contributed by atoms with Gasteiger partial charge in [-0.15, -0.1) is 0 Å². The number of carbonyl (C=O) groups excluding carboxylic acids is 2. The maximum atomic E-state index is 14.5. The van der Waals surface area contributed by atoms with Crippen LogP contribution in [0.5, 0.6) is 5.75 Å². The molecular weight excluding hydrogens is 574 g/mol. The van der Waals surface area contributed by atoms with E-state index >= 15 is 0 Å². The summed E-state index contributed by atoms with van der Waals surface area (Å²) in [7, 11) is -2.77. The average molecular weight is 614 g/mol. The van der Waals surface area contributed by atoms with Crippen LogP contribution in [0.1, 0.15) is 30.5 Å². The van der Waals surface area contributed by atoms with E-state index in [2.05, 4.69) is 5.32 Å². The highest BCUT2D eigenvalue weighted by Gasteiger charge is 2.35. The molecule has 0 aliphatic rings. The van der Waals surface area contributed by atoms with Crippen molar-refractivity contribution in [2.45, 2.75) is 50.7 Å². The lowest BCUT2D eigenvalue weighted by atomic mass is 10.0. The van der Waals surface area contributed by atoms with Gasteiger partial charge >= 0.3 is 0 Å². The van der Waals surface area contributed by atoms with E-state index in [1.54, 1.807) is 42.5 Å². The molecule has 0 radical (unpaired) electrons. The summed E-state index contributed by atoms with van der Waals surface area (Å²) in [5, 5.41) is 2.97. The summed E-state index contributed by atoms with van der Waals surface area (Å²) in [4.78, 5) is 29.9. The Labute approximate surface area is 260 Å². The number of carbonyl (C=O) groups is 2. The fourth-order valence-corrected chi connectivity index (χ4v) is 6.42. The van der Waals surface area contributed by atoms with Gasteiger partial charge in [0.05, 0.1) is 17.7 Å². The summed E-state index contributed by atoms with van der Waals surface area (Å²) in [5.41, 5.74) is 2.89. The first-order valence-corrected chi connectivity index (χ1v) is 15.9. The minimum Gasteiger partial charge on any atom is -0.495 e. The molecule has 0 spiro atoms. The van der Waals surface area contributed by atoms with Crippen molar-refractivity contribution in [2.75, 3.05) is 18.0 Å². The van der Waals surface area contributed by atoms with Gasteiger partial charge in [0.1, 0.15) is 18.3 Å². The number of nitrogens with one attached hydrogen (secondary N) is 1. The van der Waals surface area contributed by atoms with Crippen LogP contribution in [-0.4, -0.2) is 50.9 Å². The Balaban J connectivity index is 1.83. The van der Waals surface area contributed by atoms with Gasteiger partial charge < -0.3 is 15.0 Å². The molecule has 0 bridgehead atoms. The van der Waals surface area contributed by atoms with Crippen molar-refractivity contribution in [2.24, 2.45) is 0 Å². The van der Waals surface area contributed by atoms with Crippen molar-refractivity contribution in [3.05, 3.63) is 126 Å². The molecule has 0 saturated carbocycles. The maximum absolute atomic E-state index is 14.5. The van der Waals surface area contributed by atoms with Gasteiger partial charge in [0, 0.05) is 19.0 Å². The van der Waals surface area contributed by atoms with Crippen LogP contribution in [0.15, 0.2) is 114 Å². The Kier molecular flexibility index (Phi) is 10.8. The predicted octanol–water partition coefficient (Wildman–Crippen LogP) is 5.36. The van der Waals surface area contributed by atoms with Gasteiger partial charge in [0.15, 0.2) is 0 Å². The molecule has 8 nitrogen and oxygen atoms in total. The Morgan fingerprint density at radius 2 is 1.41 bits per heavy atom. The van der Waals surface area contributed by atoms with Crippen LogP contribution >= 0.6 is 0 Å². The lowest BCUT2D eigenvalue weighted by Gasteiger charge is -2.34. The van der Waals surface area contributed by atoms with Gasteiger partial charge in [0.25, 0.3) is 10.0 Å². The van der Waals surface area contributed by atoms with Gasteiger partial charge in [-0.05, 0) is 61.7 Å². The van der Waals surface area contributed by atoms with Crippen LogP contribution in [-0.2, 0) is 32.6 Å². The Morgan fingerprint density at radius 3 is 2.05 bits per heavy atom. The molecule has 44 heavy (non-hydrogen) atoms. The molecule has 0 aromatic heterocycles. The Hall–Kier alpha value is -4.63. The third-order valence-corrected chi connectivity index (χ3v) is 9.04. The first-order chi connectivity index (χ1) is 21.1. The topological polar surface area (TPSA) is 96.0 Å². The summed E-state index contributed by atoms with van der Waals surface area (Å²) in [6.07, 6.45) is 0.247. The molecule has 0 unspecified atom stereocenters. The van der Waals surface area contributed by atoms with Crippen molar-refractivity contribution in [3.8, 4) is 5.75 Å². The third-order valence-electron chi connectivity index (χ3n) is 7.27. The molecule has 4 aromatic rings. The molecule has 0 aliphatic heterocycles. The minimum atomic E-state index is -4.21. The summed E-state index contributed by atoms with van der Waals surface area (Å²) in [6.45, 7) is 5.23. The SMILES string of the molecule is COc1ccccc1N(CC(=O)N(Cc1ccccc1C)[C@H](Cc1ccccc1)C(=O)NC(C)C)S(=O)(=O)c1ccccc1. The number of nitrogens with zero attached hydrogens (tertiary/aromatic N) is 2. The van der Waals surface area contributed by atoms with Crippen LogP contribution in [0.25, 0.3) is 0 Å². The third kappa shape index (κ3) is 7.85. The van der Waals surface area contributed by atoms with E-state index in [0.717, 1.165) is 21.0 Å². The van der Waals surface area contributed by atoms with E-state index in [0.29, 0.717) is 5.75 Å². The van der Waals surface area contributed by atoms with E-state index < -0.39 is 28.5 Å². The van der Waals surface area contributed by atoms with Crippen LogP contribution < -0.4 is 14.4 Å². The van der Waals surface area contributed by atoms with Gasteiger partial charge in [-0.2, -0.15) is 0 Å². The molecule has 0 aliphatic carbocycles. The summed E-state index contributed by atoms with van der Waals surface area (Å²) < 4.78 is 34.9. The van der Waals surface area contributed by atoms with Crippen molar-refractivity contribution < 1.29 is 22.7 Å². The summed E-state index contributed by atoms with van der Waals surface area (Å²) in [6, 6.07) is 30.7. The number of methoxy groups -OCH3 is 1. The predicted molar refractivity (Wildman–Crippen MR) is 173 cm³/mol. The van der Waals surface area contributed by atoms with Crippen LogP contribution in [0.3, 0.4) is 0 Å². The number of hydrogen-bond donors (Lipinski definition) is 1. The number of anilines is 1. The maximum Gasteiger partial charge on any atom is 0.264 e. The zero-order chi connectivity index (χ0) is 31.7. The summed E-state index contributed by atoms with van der Waals surface area (Å²) >= 11 is 0. The first-order valence-electron chi connectivity index (χ1n) is 14.5. The second-order valence-corrected chi connectivity index (χ2v) is 12.7. The number of sulfonamides is 1. The van der Waals surface area contributed by atoms with E-state index in [-0.39, 0.29) is 35.5 Å². The minimum absolute atomic E-state index is 0.0301. The quantitative estimate of drug-likeness (QED) is 0.219. The second-order valence-electron chi connectivity index (χ2n) is 10.8. The number of para-hydroxylation sites is 2. The lowest BCUT2D eigenvalue weighted by molar-refractivity contribution is -0.140. The van der Waals surface area contributed by atoms with Crippen LogP contribution in [0.4, 0.5) is 5.69 Å². The highest BCUT2D eigenvalue weighted by atomic mass is 32.2. The van der Waals surface area contributed by atoms with E-state index in [1.165, 1.54) is 24.1 Å². The number of rotatable bonds is 13. The molecule has 0 heterocycles. The Morgan fingerprint density at radius 1 is 0.818 bits per heavy atom. The molecule has 4 aromatic carbocycles. The molecule has 230 valence electrons. The monoisotopic (exact) mass is 613 g/mol. The van der Waals surface area contributed by atoms with E-state index in [1.807, 2.05) is 75.4 Å². The second kappa shape index (κ2) is 14.7. The van der Waals surface area contributed by atoms with Crippen molar-refractivity contribution in [3.63, 3.8) is 0 Å². The van der Waals surface area contributed by atoms with E-state index in [4.69, 9.17) is 4.74 Å².